The normalized spacial score (nSPS) is 19.2. The van der Waals surface area contributed by atoms with Gasteiger partial charge in [-0.15, -0.1) is 0 Å². The molecule has 2 rings (SSSR count). The van der Waals surface area contributed by atoms with Gasteiger partial charge in [-0.25, -0.2) is 4.79 Å². The predicted octanol–water partition coefficient (Wildman–Crippen LogP) is 2.71. The van der Waals surface area contributed by atoms with E-state index >= 15 is 0 Å². The second-order valence-electron chi connectivity index (χ2n) is 6.79. The topological polar surface area (TPSA) is 62.2 Å². The van der Waals surface area contributed by atoms with E-state index in [4.69, 9.17) is 9.47 Å². The van der Waals surface area contributed by atoms with Gasteiger partial charge in [0.1, 0.15) is 11.5 Å². The molecule has 0 aromatic heterocycles. The molecular formula is C19H30N2O4. The zero-order valence-electron chi connectivity index (χ0n) is 15.9. The fraction of sp³-hybridized carbons (Fsp3) is 0.632. The summed E-state index contributed by atoms with van der Waals surface area (Å²) in [5, 5.41) is 9.61. The van der Waals surface area contributed by atoms with Gasteiger partial charge in [-0.3, -0.25) is 9.80 Å². The molecule has 6 nitrogen and oxygen atoms in total. The molecule has 0 amide bonds. The molecule has 1 aromatic carbocycles. The van der Waals surface area contributed by atoms with Crippen LogP contribution in [0.4, 0.5) is 0 Å². The zero-order chi connectivity index (χ0) is 18.6. The number of hydrogen-bond acceptors (Lipinski definition) is 5. The van der Waals surface area contributed by atoms with Crippen LogP contribution >= 0.6 is 0 Å². The molecular weight excluding hydrogens is 320 g/mol. The summed E-state index contributed by atoms with van der Waals surface area (Å²) < 4.78 is 10.7. The summed E-state index contributed by atoms with van der Waals surface area (Å²) in [7, 11) is 3.09. The molecule has 0 bridgehead atoms. The Morgan fingerprint density at radius 2 is 2.00 bits per heavy atom. The van der Waals surface area contributed by atoms with E-state index in [2.05, 4.69) is 30.6 Å². The van der Waals surface area contributed by atoms with E-state index in [1.807, 2.05) is 0 Å². The molecule has 1 fully saturated rings. The molecule has 25 heavy (non-hydrogen) atoms. The van der Waals surface area contributed by atoms with Gasteiger partial charge in [0.05, 0.1) is 19.8 Å². The van der Waals surface area contributed by atoms with Gasteiger partial charge in [0.15, 0.2) is 0 Å². The highest BCUT2D eigenvalue weighted by molar-refractivity contribution is 5.91. The van der Waals surface area contributed by atoms with Crippen LogP contribution < -0.4 is 9.47 Å². The predicted molar refractivity (Wildman–Crippen MR) is 97.7 cm³/mol. The van der Waals surface area contributed by atoms with Crippen LogP contribution in [0.2, 0.25) is 0 Å². The number of benzene rings is 1. The van der Waals surface area contributed by atoms with Crippen molar-refractivity contribution >= 4 is 5.97 Å². The van der Waals surface area contributed by atoms with Crippen molar-refractivity contribution in [1.82, 2.24) is 9.80 Å². The maximum atomic E-state index is 11.7. The third kappa shape index (κ3) is 4.44. The fourth-order valence-electron chi connectivity index (χ4n) is 3.62. The monoisotopic (exact) mass is 350 g/mol. The average molecular weight is 350 g/mol. The maximum absolute atomic E-state index is 11.7. The summed E-state index contributed by atoms with van der Waals surface area (Å²) >= 11 is 0. The SMILES string of the molecule is CCC1CN(Cc2c(OC)cc(OC)cc2C(=O)O)CCN1C(C)C. The third-order valence-corrected chi connectivity index (χ3v) is 5.00. The molecule has 140 valence electrons. The van der Waals surface area contributed by atoms with E-state index in [0.717, 1.165) is 26.1 Å². The van der Waals surface area contributed by atoms with Gasteiger partial charge < -0.3 is 14.6 Å². The molecule has 1 aliphatic rings. The van der Waals surface area contributed by atoms with Gasteiger partial charge >= 0.3 is 5.97 Å². The van der Waals surface area contributed by atoms with E-state index in [-0.39, 0.29) is 5.56 Å². The second kappa shape index (κ2) is 8.54. The zero-order valence-corrected chi connectivity index (χ0v) is 15.9. The molecule has 1 atom stereocenters. The van der Waals surface area contributed by atoms with Crippen molar-refractivity contribution in [3.05, 3.63) is 23.3 Å². The molecule has 1 saturated heterocycles. The fourth-order valence-corrected chi connectivity index (χ4v) is 3.62. The summed E-state index contributed by atoms with van der Waals surface area (Å²) in [5.41, 5.74) is 0.958. The van der Waals surface area contributed by atoms with Crippen LogP contribution in [0, 0.1) is 0 Å². The Labute approximate surface area is 150 Å². The minimum atomic E-state index is -0.958. The lowest BCUT2D eigenvalue weighted by Crippen LogP contribution is -2.54. The first-order chi connectivity index (χ1) is 11.9. The number of rotatable bonds is 7. The largest absolute Gasteiger partial charge is 0.497 e. The Morgan fingerprint density at radius 1 is 1.28 bits per heavy atom. The molecule has 1 aromatic rings. The lowest BCUT2D eigenvalue weighted by molar-refractivity contribution is 0.0449. The Kier molecular flexibility index (Phi) is 6.67. The van der Waals surface area contributed by atoms with Crippen molar-refractivity contribution in [2.24, 2.45) is 0 Å². The highest BCUT2D eigenvalue weighted by Crippen LogP contribution is 2.31. The number of hydrogen-bond donors (Lipinski definition) is 1. The first kappa shape index (κ1) is 19.5. The number of aromatic carboxylic acids is 1. The Morgan fingerprint density at radius 3 is 2.52 bits per heavy atom. The minimum Gasteiger partial charge on any atom is -0.497 e. The average Bonchev–Trinajstić information content (AvgIpc) is 2.61. The highest BCUT2D eigenvalue weighted by atomic mass is 16.5. The van der Waals surface area contributed by atoms with Crippen LogP contribution in [-0.4, -0.2) is 66.8 Å². The maximum Gasteiger partial charge on any atom is 0.336 e. The summed E-state index contributed by atoms with van der Waals surface area (Å²) in [4.78, 5) is 16.6. The van der Waals surface area contributed by atoms with Crippen molar-refractivity contribution in [2.75, 3.05) is 33.9 Å². The van der Waals surface area contributed by atoms with Crippen molar-refractivity contribution in [1.29, 1.82) is 0 Å². The lowest BCUT2D eigenvalue weighted by atomic mass is 10.0. The molecule has 1 N–H and O–H groups in total. The van der Waals surface area contributed by atoms with E-state index < -0.39 is 5.97 Å². The van der Waals surface area contributed by atoms with Gasteiger partial charge in [0.2, 0.25) is 0 Å². The van der Waals surface area contributed by atoms with Crippen molar-refractivity contribution in [3.63, 3.8) is 0 Å². The van der Waals surface area contributed by atoms with Crippen molar-refractivity contribution in [3.8, 4) is 11.5 Å². The van der Waals surface area contributed by atoms with Crippen LogP contribution in [0.3, 0.4) is 0 Å². The summed E-state index contributed by atoms with van der Waals surface area (Å²) in [5.74, 6) is 0.102. The smallest absolute Gasteiger partial charge is 0.336 e. The van der Waals surface area contributed by atoms with Crippen LogP contribution in [0.25, 0.3) is 0 Å². The molecule has 0 saturated carbocycles. The molecule has 0 radical (unpaired) electrons. The number of carboxylic acid groups (broad SMARTS) is 1. The first-order valence-corrected chi connectivity index (χ1v) is 8.87. The molecule has 1 unspecified atom stereocenters. The van der Waals surface area contributed by atoms with Crippen LogP contribution in [0.1, 0.15) is 43.1 Å². The quantitative estimate of drug-likeness (QED) is 0.816. The van der Waals surface area contributed by atoms with Gasteiger partial charge in [0, 0.05) is 49.9 Å². The molecule has 0 aliphatic carbocycles. The van der Waals surface area contributed by atoms with Gasteiger partial charge in [-0.2, -0.15) is 0 Å². The van der Waals surface area contributed by atoms with E-state index in [0.29, 0.717) is 35.7 Å². The number of methoxy groups -OCH3 is 2. The third-order valence-electron chi connectivity index (χ3n) is 5.00. The lowest BCUT2D eigenvalue weighted by Gasteiger charge is -2.43. The number of nitrogens with zero attached hydrogens (tertiary/aromatic N) is 2. The summed E-state index contributed by atoms with van der Waals surface area (Å²) in [6.45, 7) is 10.1. The van der Waals surface area contributed by atoms with E-state index in [1.54, 1.807) is 19.2 Å². The summed E-state index contributed by atoms with van der Waals surface area (Å²) in [6.07, 6.45) is 1.08. The Hall–Kier alpha value is -1.79. The highest BCUT2D eigenvalue weighted by Gasteiger charge is 2.29. The number of carboxylic acids is 1. The number of piperazine rings is 1. The number of carbonyl (C=O) groups is 1. The van der Waals surface area contributed by atoms with Gasteiger partial charge in [-0.1, -0.05) is 6.92 Å². The van der Waals surface area contributed by atoms with Crippen LogP contribution in [-0.2, 0) is 6.54 Å². The van der Waals surface area contributed by atoms with E-state index in [1.165, 1.54) is 7.11 Å². The molecule has 1 heterocycles. The first-order valence-electron chi connectivity index (χ1n) is 8.87. The molecule has 1 aliphatic heterocycles. The van der Waals surface area contributed by atoms with Gasteiger partial charge in [-0.05, 0) is 26.3 Å². The Balaban J connectivity index is 2.26. The van der Waals surface area contributed by atoms with Crippen molar-refractivity contribution < 1.29 is 19.4 Å². The van der Waals surface area contributed by atoms with Gasteiger partial charge in [0.25, 0.3) is 0 Å². The van der Waals surface area contributed by atoms with E-state index in [9.17, 15) is 9.90 Å². The second-order valence-corrected chi connectivity index (χ2v) is 6.79. The summed E-state index contributed by atoms with van der Waals surface area (Å²) in [6, 6.07) is 4.34. The minimum absolute atomic E-state index is 0.246. The van der Waals surface area contributed by atoms with Crippen LogP contribution in [0.5, 0.6) is 11.5 Å². The molecule has 0 spiro atoms. The molecule has 6 heteroatoms. The standard InChI is InChI=1S/C19H30N2O4/c1-6-14-11-20(7-8-21(14)13(2)3)12-17-16(19(22)23)9-15(24-4)10-18(17)25-5/h9-10,13-14H,6-8,11-12H2,1-5H3,(H,22,23). The van der Waals surface area contributed by atoms with Crippen molar-refractivity contribution in [2.45, 2.75) is 45.8 Å². The Bertz CT molecular complexity index is 603. The number of ether oxygens (including phenoxy) is 2. The van der Waals surface area contributed by atoms with Crippen LogP contribution in [0.15, 0.2) is 12.1 Å².